The first-order valence-corrected chi connectivity index (χ1v) is 7.35. The lowest BCUT2D eigenvalue weighted by molar-refractivity contribution is -0.143. The zero-order valence-electron chi connectivity index (χ0n) is 11.5. The highest BCUT2D eigenvalue weighted by Gasteiger charge is 2.30. The van der Waals surface area contributed by atoms with Gasteiger partial charge in [0.2, 0.25) is 0 Å². The van der Waals surface area contributed by atoms with Gasteiger partial charge in [-0.15, -0.1) is 0 Å². The molecular weight excluding hydrogens is 353 g/mol. The van der Waals surface area contributed by atoms with Crippen LogP contribution in [0, 0.1) is 0 Å². The summed E-state index contributed by atoms with van der Waals surface area (Å²) < 4.78 is 37.6. The van der Waals surface area contributed by atoms with E-state index in [1.165, 1.54) is 6.20 Å². The Hall–Kier alpha value is -1.09. The minimum atomic E-state index is -4.48. The van der Waals surface area contributed by atoms with E-state index in [2.05, 4.69) is 26.3 Å². The summed E-state index contributed by atoms with van der Waals surface area (Å²) >= 11 is 3.10. The zero-order chi connectivity index (χ0) is 15.6. The van der Waals surface area contributed by atoms with E-state index in [0.717, 1.165) is 25.9 Å². The highest BCUT2D eigenvalue weighted by atomic mass is 79.9. The van der Waals surface area contributed by atoms with Crippen molar-refractivity contribution < 1.29 is 13.2 Å². The lowest BCUT2D eigenvalue weighted by atomic mass is 10.1. The molecule has 1 N–H and O–H groups in total. The molecule has 1 saturated heterocycles. The Balaban J connectivity index is 2.25. The summed E-state index contributed by atoms with van der Waals surface area (Å²) in [5, 5.41) is 6.88. The standard InChI is InChI=1S/C12H16BrF3N4O/c1-19(8-3-2-4-17-5-8)9-6-18-20(7-12(14,15)16)11(21)10(9)13/h6,8,17H,2-5,7H2,1H3. The van der Waals surface area contributed by atoms with Gasteiger partial charge in [-0.25, -0.2) is 4.68 Å². The third kappa shape index (κ3) is 3.97. The van der Waals surface area contributed by atoms with Crippen LogP contribution < -0.4 is 15.8 Å². The molecule has 118 valence electrons. The number of piperidine rings is 1. The molecule has 0 radical (unpaired) electrons. The van der Waals surface area contributed by atoms with E-state index >= 15 is 0 Å². The summed E-state index contributed by atoms with van der Waals surface area (Å²) in [5.41, 5.74) is -0.271. The first-order chi connectivity index (χ1) is 9.79. The number of alkyl halides is 3. The average Bonchev–Trinajstić information content (AvgIpc) is 2.43. The summed E-state index contributed by atoms with van der Waals surface area (Å²) in [4.78, 5) is 13.8. The fraction of sp³-hybridized carbons (Fsp3) is 0.667. The molecule has 1 aliphatic heterocycles. The molecule has 0 aromatic carbocycles. The lowest BCUT2D eigenvalue weighted by Gasteiger charge is -2.33. The first kappa shape index (κ1) is 16.3. The Morgan fingerprint density at radius 2 is 2.29 bits per heavy atom. The van der Waals surface area contributed by atoms with Gasteiger partial charge in [-0.1, -0.05) is 0 Å². The van der Waals surface area contributed by atoms with Gasteiger partial charge >= 0.3 is 6.18 Å². The fourth-order valence-corrected chi connectivity index (χ4v) is 2.93. The Morgan fingerprint density at radius 1 is 1.57 bits per heavy atom. The van der Waals surface area contributed by atoms with Gasteiger partial charge in [-0.2, -0.15) is 18.3 Å². The summed E-state index contributed by atoms with van der Waals surface area (Å²) in [6, 6.07) is 0.190. The Morgan fingerprint density at radius 3 is 2.86 bits per heavy atom. The quantitative estimate of drug-likeness (QED) is 0.882. The smallest absolute Gasteiger partial charge is 0.368 e. The second-order valence-electron chi connectivity index (χ2n) is 5.03. The topological polar surface area (TPSA) is 50.2 Å². The van der Waals surface area contributed by atoms with Crippen LogP contribution in [0.4, 0.5) is 18.9 Å². The maximum Gasteiger partial charge on any atom is 0.408 e. The predicted molar refractivity (Wildman–Crippen MR) is 76.5 cm³/mol. The SMILES string of the molecule is CN(c1cnn(CC(F)(F)F)c(=O)c1Br)C1CCCNC1. The number of halogens is 4. The van der Waals surface area contributed by atoms with Crippen LogP contribution in [0.1, 0.15) is 12.8 Å². The number of nitrogens with zero attached hydrogens (tertiary/aromatic N) is 3. The summed E-state index contributed by atoms with van der Waals surface area (Å²) in [5.74, 6) is 0. The third-order valence-electron chi connectivity index (χ3n) is 3.49. The number of hydrogen-bond acceptors (Lipinski definition) is 4. The number of aromatic nitrogens is 2. The van der Waals surface area contributed by atoms with Crippen LogP contribution in [0.5, 0.6) is 0 Å². The first-order valence-electron chi connectivity index (χ1n) is 6.55. The summed E-state index contributed by atoms with van der Waals surface area (Å²) in [6.07, 6.45) is -1.20. The molecule has 1 fully saturated rings. The largest absolute Gasteiger partial charge is 0.408 e. The van der Waals surface area contributed by atoms with Crippen molar-refractivity contribution in [3.63, 3.8) is 0 Å². The van der Waals surface area contributed by atoms with Crippen molar-refractivity contribution in [2.75, 3.05) is 25.0 Å². The molecule has 9 heteroatoms. The normalized spacial score (nSPS) is 19.6. The molecule has 0 spiro atoms. The van der Waals surface area contributed by atoms with E-state index in [1.54, 1.807) is 0 Å². The summed E-state index contributed by atoms with van der Waals surface area (Å²) in [6.45, 7) is 0.338. The second-order valence-corrected chi connectivity index (χ2v) is 5.83. The average molecular weight is 369 g/mol. The molecule has 2 rings (SSSR count). The molecule has 1 aliphatic rings. The molecule has 21 heavy (non-hydrogen) atoms. The zero-order valence-corrected chi connectivity index (χ0v) is 13.0. The molecule has 5 nitrogen and oxygen atoms in total. The highest BCUT2D eigenvalue weighted by molar-refractivity contribution is 9.10. The van der Waals surface area contributed by atoms with E-state index in [9.17, 15) is 18.0 Å². The van der Waals surface area contributed by atoms with Gasteiger partial charge in [0.05, 0.1) is 11.9 Å². The predicted octanol–water partition coefficient (Wildman–Crippen LogP) is 1.76. The van der Waals surface area contributed by atoms with Crippen LogP contribution in [-0.2, 0) is 6.54 Å². The van der Waals surface area contributed by atoms with Crippen LogP contribution in [0.15, 0.2) is 15.5 Å². The number of nitrogens with one attached hydrogen (secondary N) is 1. The maximum atomic E-state index is 12.4. The Bertz CT molecular complexity index is 554. The number of rotatable bonds is 3. The molecule has 0 saturated carbocycles. The minimum Gasteiger partial charge on any atom is -0.368 e. The van der Waals surface area contributed by atoms with Gasteiger partial charge in [0.1, 0.15) is 11.0 Å². The van der Waals surface area contributed by atoms with E-state index < -0.39 is 18.3 Å². The molecule has 0 aliphatic carbocycles. The molecule has 1 aromatic rings. The van der Waals surface area contributed by atoms with Crippen molar-refractivity contribution in [2.45, 2.75) is 31.6 Å². The van der Waals surface area contributed by atoms with Crippen LogP contribution in [0.25, 0.3) is 0 Å². The van der Waals surface area contributed by atoms with Gasteiger partial charge in [-0.05, 0) is 35.3 Å². The molecular formula is C12H16BrF3N4O. The third-order valence-corrected chi connectivity index (χ3v) is 4.24. The van der Waals surface area contributed by atoms with Crippen LogP contribution in [0.2, 0.25) is 0 Å². The molecule has 0 amide bonds. The summed E-state index contributed by atoms with van der Waals surface area (Å²) in [7, 11) is 1.81. The van der Waals surface area contributed by atoms with Crippen LogP contribution in [0.3, 0.4) is 0 Å². The highest BCUT2D eigenvalue weighted by Crippen LogP contribution is 2.25. The van der Waals surface area contributed by atoms with Crippen LogP contribution >= 0.6 is 15.9 Å². The van der Waals surface area contributed by atoms with E-state index in [-0.39, 0.29) is 10.5 Å². The molecule has 2 heterocycles. The second kappa shape index (κ2) is 6.35. The Labute approximate surface area is 128 Å². The monoisotopic (exact) mass is 368 g/mol. The minimum absolute atomic E-state index is 0.106. The van der Waals surface area contributed by atoms with Gasteiger partial charge in [0.25, 0.3) is 5.56 Å². The maximum absolute atomic E-state index is 12.4. The number of likely N-dealkylation sites (N-methyl/N-ethyl adjacent to an activating group) is 1. The van der Waals surface area contributed by atoms with E-state index in [0.29, 0.717) is 10.4 Å². The molecule has 0 bridgehead atoms. The van der Waals surface area contributed by atoms with Crippen LogP contribution in [-0.4, -0.2) is 42.1 Å². The van der Waals surface area contributed by atoms with Gasteiger partial charge in [0.15, 0.2) is 0 Å². The van der Waals surface area contributed by atoms with Crippen molar-refractivity contribution in [1.82, 2.24) is 15.1 Å². The fourth-order valence-electron chi connectivity index (χ4n) is 2.35. The van der Waals surface area contributed by atoms with Crippen molar-refractivity contribution in [1.29, 1.82) is 0 Å². The number of hydrogen-bond donors (Lipinski definition) is 1. The van der Waals surface area contributed by atoms with Gasteiger partial charge in [0, 0.05) is 19.6 Å². The van der Waals surface area contributed by atoms with Gasteiger partial charge < -0.3 is 10.2 Å². The van der Waals surface area contributed by atoms with E-state index in [1.807, 2.05) is 11.9 Å². The lowest BCUT2D eigenvalue weighted by Crippen LogP contribution is -2.45. The molecule has 1 atom stereocenters. The molecule has 1 unspecified atom stereocenters. The van der Waals surface area contributed by atoms with Crippen molar-refractivity contribution in [3.8, 4) is 0 Å². The van der Waals surface area contributed by atoms with Crippen molar-refractivity contribution in [3.05, 3.63) is 21.0 Å². The van der Waals surface area contributed by atoms with E-state index in [4.69, 9.17) is 0 Å². The van der Waals surface area contributed by atoms with Crippen molar-refractivity contribution >= 4 is 21.6 Å². The van der Waals surface area contributed by atoms with Crippen molar-refractivity contribution in [2.24, 2.45) is 0 Å². The number of anilines is 1. The van der Waals surface area contributed by atoms with Gasteiger partial charge in [-0.3, -0.25) is 4.79 Å². The Kier molecular flexibility index (Phi) is 4.92. The molecule has 1 aromatic heterocycles.